The lowest BCUT2D eigenvalue weighted by atomic mass is 9.79. The van der Waals surface area contributed by atoms with Crippen molar-refractivity contribution in [3.63, 3.8) is 0 Å². The summed E-state index contributed by atoms with van der Waals surface area (Å²) in [5.41, 5.74) is 5.18. The highest BCUT2D eigenvalue weighted by molar-refractivity contribution is 6.30. The maximum atomic E-state index is 6.69. The van der Waals surface area contributed by atoms with Gasteiger partial charge in [0.25, 0.3) is 0 Å². The Kier molecular flexibility index (Phi) is 5.37. The van der Waals surface area contributed by atoms with Crippen LogP contribution in [0.25, 0.3) is 65.0 Å². The van der Waals surface area contributed by atoms with Gasteiger partial charge in [-0.2, -0.15) is 0 Å². The second kappa shape index (κ2) is 9.06. The normalized spacial score (nSPS) is 12.3. The summed E-state index contributed by atoms with van der Waals surface area (Å²) in [5, 5.41) is 12.6. The van der Waals surface area contributed by atoms with E-state index in [2.05, 4.69) is 149 Å². The van der Waals surface area contributed by atoms with Gasteiger partial charge in [-0.3, -0.25) is 0 Å². The summed E-state index contributed by atoms with van der Waals surface area (Å²) in [4.78, 5) is 0. The molecule has 0 radical (unpaired) electrons. The van der Waals surface area contributed by atoms with E-state index in [0.717, 1.165) is 22.3 Å². The van der Waals surface area contributed by atoms with Crippen LogP contribution < -0.4 is 4.74 Å². The average Bonchev–Trinajstić information content (AvgIpc) is 3.00. The molecule has 0 aliphatic heterocycles. The Morgan fingerprint density at radius 3 is 1.64 bits per heavy atom. The van der Waals surface area contributed by atoms with Gasteiger partial charge in [-0.05, 0) is 96.4 Å². The molecular formula is C41H32O. The predicted molar refractivity (Wildman–Crippen MR) is 181 cm³/mol. The number of fused-ring (bicyclic) bond motifs is 2. The summed E-state index contributed by atoms with van der Waals surface area (Å²) in [7, 11) is 0. The van der Waals surface area contributed by atoms with Crippen LogP contribution in [0, 0.1) is 6.92 Å². The molecule has 0 saturated carbocycles. The van der Waals surface area contributed by atoms with Gasteiger partial charge in [0.2, 0.25) is 0 Å². The summed E-state index contributed by atoms with van der Waals surface area (Å²) in [6.45, 7) is 9.05. The molecule has 0 aliphatic rings. The van der Waals surface area contributed by atoms with E-state index in [1.165, 1.54) is 65.3 Å². The first-order valence-corrected chi connectivity index (χ1v) is 14.8. The molecule has 8 aromatic rings. The number of aryl methyl sites for hydroxylation is 1. The summed E-state index contributed by atoms with van der Waals surface area (Å²) in [5.74, 6) is 1.75. The number of benzene rings is 8. The van der Waals surface area contributed by atoms with Crippen molar-refractivity contribution in [3.05, 3.63) is 132 Å². The molecule has 1 heteroatoms. The van der Waals surface area contributed by atoms with Gasteiger partial charge in [-0.25, -0.2) is 0 Å². The predicted octanol–water partition coefficient (Wildman–Crippen LogP) is 12.0. The lowest BCUT2D eigenvalue weighted by Gasteiger charge is -2.25. The molecule has 0 heterocycles. The Hall–Kier alpha value is -4.88. The maximum absolute atomic E-state index is 6.69. The van der Waals surface area contributed by atoms with E-state index >= 15 is 0 Å². The molecule has 0 aliphatic carbocycles. The number of hydrogen-bond donors (Lipinski definition) is 0. The van der Waals surface area contributed by atoms with Gasteiger partial charge in [0.05, 0.1) is 0 Å². The standard InChI is InChI=1S/C41H32O/c1-25-19-21-28(22-20-25)42-40-32-15-7-5-13-29(32)39(30-14-6-8-16-33(30)40)35-23-26-11-10-18-34-36(41(2,3)4)24-27-12-9-17-31(35)37(27)38(26)34/h5-24H,1-4H3. The lowest BCUT2D eigenvalue weighted by molar-refractivity contribution is 0.493. The summed E-state index contributed by atoms with van der Waals surface area (Å²) in [6.07, 6.45) is 0. The molecule has 0 unspecified atom stereocenters. The van der Waals surface area contributed by atoms with Crippen LogP contribution in [0.3, 0.4) is 0 Å². The molecule has 0 atom stereocenters. The number of ether oxygens (including phenoxy) is 1. The molecule has 8 aromatic carbocycles. The Labute approximate surface area is 246 Å². The number of rotatable bonds is 3. The molecule has 0 N–H and O–H groups in total. The zero-order valence-corrected chi connectivity index (χ0v) is 24.5. The van der Waals surface area contributed by atoms with E-state index in [-0.39, 0.29) is 5.41 Å². The van der Waals surface area contributed by atoms with Crippen LogP contribution in [0.5, 0.6) is 11.5 Å². The minimum atomic E-state index is 0.0481. The molecule has 0 amide bonds. The van der Waals surface area contributed by atoms with E-state index in [1.54, 1.807) is 0 Å². The van der Waals surface area contributed by atoms with Crippen molar-refractivity contribution in [1.29, 1.82) is 0 Å². The van der Waals surface area contributed by atoms with Crippen molar-refractivity contribution >= 4 is 53.9 Å². The highest BCUT2D eigenvalue weighted by atomic mass is 16.5. The van der Waals surface area contributed by atoms with Crippen molar-refractivity contribution in [1.82, 2.24) is 0 Å². The minimum absolute atomic E-state index is 0.0481. The summed E-state index contributed by atoms with van der Waals surface area (Å²) < 4.78 is 6.69. The first-order valence-electron chi connectivity index (χ1n) is 14.8. The summed E-state index contributed by atoms with van der Waals surface area (Å²) in [6, 6.07) is 44.2. The van der Waals surface area contributed by atoms with E-state index in [9.17, 15) is 0 Å². The van der Waals surface area contributed by atoms with Crippen LogP contribution in [0.4, 0.5) is 0 Å². The van der Waals surface area contributed by atoms with E-state index in [4.69, 9.17) is 4.74 Å². The van der Waals surface area contributed by atoms with Crippen LogP contribution in [0.15, 0.2) is 121 Å². The second-order valence-electron chi connectivity index (χ2n) is 12.6. The highest BCUT2D eigenvalue weighted by Gasteiger charge is 2.23. The molecule has 0 saturated heterocycles. The van der Waals surface area contributed by atoms with E-state index in [0.29, 0.717) is 0 Å². The summed E-state index contributed by atoms with van der Waals surface area (Å²) >= 11 is 0. The van der Waals surface area contributed by atoms with Crippen molar-refractivity contribution in [3.8, 4) is 22.6 Å². The molecule has 1 nitrogen and oxygen atoms in total. The first kappa shape index (κ1) is 24.9. The molecule has 0 aromatic heterocycles. The maximum Gasteiger partial charge on any atom is 0.143 e. The first-order chi connectivity index (χ1) is 20.4. The molecule has 0 bridgehead atoms. The largest absolute Gasteiger partial charge is 0.456 e. The van der Waals surface area contributed by atoms with Crippen LogP contribution >= 0.6 is 0 Å². The van der Waals surface area contributed by atoms with Crippen molar-refractivity contribution < 1.29 is 4.74 Å². The van der Waals surface area contributed by atoms with Gasteiger partial charge in [-0.1, -0.05) is 123 Å². The fourth-order valence-electron chi connectivity index (χ4n) is 6.89. The van der Waals surface area contributed by atoms with Crippen molar-refractivity contribution in [2.75, 3.05) is 0 Å². The number of hydrogen-bond acceptors (Lipinski definition) is 1. The zero-order chi connectivity index (χ0) is 28.6. The van der Waals surface area contributed by atoms with Gasteiger partial charge < -0.3 is 4.74 Å². The fraction of sp³-hybridized carbons (Fsp3) is 0.122. The monoisotopic (exact) mass is 540 g/mol. The van der Waals surface area contributed by atoms with Crippen LogP contribution in [0.2, 0.25) is 0 Å². The van der Waals surface area contributed by atoms with E-state index in [1.807, 2.05) is 0 Å². The van der Waals surface area contributed by atoms with E-state index < -0.39 is 0 Å². The Bertz CT molecular complexity index is 2240. The van der Waals surface area contributed by atoms with Crippen molar-refractivity contribution in [2.45, 2.75) is 33.1 Å². The highest BCUT2D eigenvalue weighted by Crippen LogP contribution is 2.49. The lowest BCUT2D eigenvalue weighted by Crippen LogP contribution is -2.12. The van der Waals surface area contributed by atoms with Crippen LogP contribution in [-0.4, -0.2) is 0 Å². The quantitative estimate of drug-likeness (QED) is 0.160. The van der Waals surface area contributed by atoms with Gasteiger partial charge in [0.1, 0.15) is 11.5 Å². The van der Waals surface area contributed by atoms with Gasteiger partial charge >= 0.3 is 0 Å². The molecular weight excluding hydrogens is 508 g/mol. The third kappa shape index (κ3) is 3.70. The van der Waals surface area contributed by atoms with Crippen molar-refractivity contribution in [2.24, 2.45) is 0 Å². The molecule has 202 valence electrons. The fourth-order valence-corrected chi connectivity index (χ4v) is 6.89. The molecule has 0 spiro atoms. The smallest absolute Gasteiger partial charge is 0.143 e. The molecule has 0 fully saturated rings. The Morgan fingerprint density at radius 2 is 1.02 bits per heavy atom. The Balaban J connectivity index is 1.51. The average molecular weight is 541 g/mol. The molecule has 8 rings (SSSR count). The third-order valence-corrected chi connectivity index (χ3v) is 8.82. The third-order valence-electron chi connectivity index (χ3n) is 8.82. The molecule has 42 heavy (non-hydrogen) atoms. The van der Waals surface area contributed by atoms with Crippen LogP contribution in [-0.2, 0) is 5.41 Å². The minimum Gasteiger partial charge on any atom is -0.456 e. The second-order valence-corrected chi connectivity index (χ2v) is 12.6. The SMILES string of the molecule is Cc1ccc(Oc2c3ccccc3c(-c3cc4cccc5c(C(C)(C)C)cc6cccc3c6c45)c3ccccc23)cc1. The van der Waals surface area contributed by atoms with Gasteiger partial charge in [0, 0.05) is 10.8 Å². The zero-order valence-electron chi connectivity index (χ0n) is 24.5. The van der Waals surface area contributed by atoms with Gasteiger partial charge in [0.15, 0.2) is 0 Å². The van der Waals surface area contributed by atoms with Crippen LogP contribution in [0.1, 0.15) is 31.9 Å². The van der Waals surface area contributed by atoms with Gasteiger partial charge in [-0.15, -0.1) is 0 Å². The topological polar surface area (TPSA) is 9.23 Å². The Morgan fingerprint density at radius 1 is 0.500 bits per heavy atom.